The van der Waals surface area contributed by atoms with Crippen LogP contribution in [0.4, 0.5) is 17.1 Å². The minimum atomic E-state index is 0.842. The average molecular weight is 780 g/mol. The number of nitrogens with zero attached hydrogens (tertiary/aromatic N) is 1. The number of rotatable bonds is 7. The van der Waals surface area contributed by atoms with Crippen molar-refractivity contribution in [2.24, 2.45) is 0 Å². The van der Waals surface area contributed by atoms with Crippen LogP contribution in [0.1, 0.15) is 0 Å². The summed E-state index contributed by atoms with van der Waals surface area (Å²) in [7, 11) is 0. The summed E-state index contributed by atoms with van der Waals surface area (Å²) in [6.45, 7) is 0. The van der Waals surface area contributed by atoms with Gasteiger partial charge in [-0.3, -0.25) is 0 Å². The van der Waals surface area contributed by atoms with Crippen molar-refractivity contribution in [2.45, 2.75) is 0 Å². The molecule has 0 aliphatic heterocycles. The molecule has 0 bridgehead atoms. The Kier molecular flexibility index (Phi) is 8.17. The van der Waals surface area contributed by atoms with Gasteiger partial charge in [0.05, 0.1) is 5.69 Å². The van der Waals surface area contributed by atoms with Crippen LogP contribution in [0, 0.1) is 0 Å². The van der Waals surface area contributed by atoms with Gasteiger partial charge in [0.1, 0.15) is 16.7 Å². The van der Waals surface area contributed by atoms with Gasteiger partial charge in [-0.1, -0.05) is 170 Å². The number of fused-ring (bicyclic) bond motifs is 7. The van der Waals surface area contributed by atoms with E-state index in [4.69, 9.17) is 8.83 Å². The van der Waals surface area contributed by atoms with Crippen molar-refractivity contribution in [3.63, 3.8) is 0 Å². The van der Waals surface area contributed by atoms with Crippen LogP contribution < -0.4 is 4.90 Å². The molecule has 0 spiro atoms. The summed E-state index contributed by atoms with van der Waals surface area (Å²) in [6.07, 6.45) is 0. The molecular weight excluding hydrogens is 743 g/mol. The Morgan fingerprint density at radius 3 is 1.52 bits per heavy atom. The molecule has 0 aliphatic carbocycles. The first-order chi connectivity index (χ1) is 30.2. The molecular formula is C58H37NO2. The van der Waals surface area contributed by atoms with Crippen molar-refractivity contribution in [1.29, 1.82) is 0 Å². The maximum Gasteiger partial charge on any atom is 0.160 e. The molecule has 0 fully saturated rings. The predicted octanol–water partition coefficient (Wildman–Crippen LogP) is 16.8. The monoisotopic (exact) mass is 779 g/mol. The summed E-state index contributed by atoms with van der Waals surface area (Å²) in [5.41, 5.74) is 15.8. The molecule has 0 N–H and O–H groups in total. The van der Waals surface area contributed by atoms with Gasteiger partial charge in [-0.2, -0.15) is 0 Å². The Labute approximate surface area is 353 Å². The molecule has 2 aromatic heterocycles. The third-order valence-electron chi connectivity index (χ3n) is 12.1. The van der Waals surface area contributed by atoms with Crippen molar-refractivity contribution >= 4 is 71.7 Å². The van der Waals surface area contributed by atoms with Crippen LogP contribution in [0.2, 0.25) is 0 Å². The molecule has 0 atom stereocenters. The zero-order valence-corrected chi connectivity index (χ0v) is 33.1. The highest BCUT2D eigenvalue weighted by Crippen LogP contribution is 2.47. The fourth-order valence-corrected chi connectivity index (χ4v) is 9.11. The maximum atomic E-state index is 6.86. The lowest BCUT2D eigenvalue weighted by Crippen LogP contribution is -2.10. The Bertz CT molecular complexity index is 3560. The van der Waals surface area contributed by atoms with E-state index >= 15 is 0 Å². The Hall–Kier alpha value is -8.14. The van der Waals surface area contributed by atoms with E-state index in [1.54, 1.807) is 0 Å². The van der Waals surface area contributed by atoms with Crippen molar-refractivity contribution in [2.75, 3.05) is 4.90 Å². The molecule has 0 saturated carbocycles. The zero-order chi connectivity index (χ0) is 40.3. The number of hydrogen-bond donors (Lipinski definition) is 0. The molecule has 3 nitrogen and oxygen atoms in total. The summed E-state index contributed by atoms with van der Waals surface area (Å²) < 4.78 is 13.1. The van der Waals surface area contributed by atoms with Crippen LogP contribution >= 0.6 is 0 Å². The second kappa shape index (κ2) is 14.3. The van der Waals surface area contributed by atoms with E-state index in [0.29, 0.717) is 0 Å². The average Bonchev–Trinajstić information content (AvgIpc) is 3.92. The van der Waals surface area contributed by atoms with Crippen LogP contribution in [0.5, 0.6) is 0 Å². The van der Waals surface area contributed by atoms with Crippen molar-refractivity contribution in [3.05, 3.63) is 224 Å². The maximum absolute atomic E-state index is 6.86. The van der Waals surface area contributed by atoms with E-state index in [1.165, 1.54) is 27.5 Å². The molecule has 12 aromatic rings. The van der Waals surface area contributed by atoms with Crippen LogP contribution in [0.15, 0.2) is 233 Å². The topological polar surface area (TPSA) is 29.5 Å². The summed E-state index contributed by atoms with van der Waals surface area (Å²) >= 11 is 0. The van der Waals surface area contributed by atoms with Gasteiger partial charge in [-0.15, -0.1) is 0 Å². The molecule has 0 saturated heterocycles. The highest BCUT2D eigenvalue weighted by Gasteiger charge is 2.23. The molecule has 3 heteroatoms. The smallest absolute Gasteiger partial charge is 0.160 e. The van der Waals surface area contributed by atoms with Gasteiger partial charge < -0.3 is 13.7 Å². The first-order valence-corrected chi connectivity index (χ1v) is 20.7. The van der Waals surface area contributed by atoms with Gasteiger partial charge in [0.25, 0.3) is 0 Å². The van der Waals surface area contributed by atoms with Crippen LogP contribution in [0.3, 0.4) is 0 Å². The molecule has 61 heavy (non-hydrogen) atoms. The molecule has 0 aliphatic rings. The molecule has 0 amide bonds. The molecule has 2 heterocycles. The van der Waals surface area contributed by atoms with Crippen molar-refractivity contribution in [1.82, 2.24) is 0 Å². The highest BCUT2D eigenvalue weighted by molar-refractivity contribution is 6.17. The molecule has 10 aromatic carbocycles. The molecule has 0 unspecified atom stereocenters. The van der Waals surface area contributed by atoms with Crippen LogP contribution in [-0.2, 0) is 0 Å². The zero-order valence-electron chi connectivity index (χ0n) is 33.1. The SMILES string of the molecule is c1ccc(-c2ccc(N(c3ccc(-c4ccc(-c5ccc6ccccc6c5)cc4)cc3)c3ccc(-c4cccc5oc6ccccc6c45)cc3)c3oc4ccccc4c23)cc1. The van der Waals surface area contributed by atoms with Crippen molar-refractivity contribution < 1.29 is 8.83 Å². The fraction of sp³-hybridized carbons (Fsp3) is 0. The first-order valence-electron chi connectivity index (χ1n) is 20.7. The predicted molar refractivity (Wildman–Crippen MR) is 255 cm³/mol. The highest BCUT2D eigenvalue weighted by atomic mass is 16.3. The van der Waals surface area contributed by atoms with Crippen LogP contribution in [0.25, 0.3) is 99.2 Å². The van der Waals surface area contributed by atoms with E-state index in [9.17, 15) is 0 Å². The van der Waals surface area contributed by atoms with E-state index in [0.717, 1.165) is 88.8 Å². The number of hydrogen-bond acceptors (Lipinski definition) is 3. The first kappa shape index (κ1) is 34.9. The number of furan rings is 2. The largest absolute Gasteiger partial charge is 0.456 e. The van der Waals surface area contributed by atoms with Gasteiger partial charge in [0.15, 0.2) is 5.58 Å². The third-order valence-corrected chi connectivity index (χ3v) is 12.1. The molecule has 286 valence electrons. The molecule has 0 radical (unpaired) electrons. The van der Waals surface area contributed by atoms with Crippen molar-refractivity contribution in [3.8, 4) is 44.5 Å². The second-order valence-electron chi connectivity index (χ2n) is 15.6. The normalized spacial score (nSPS) is 11.6. The number of anilines is 3. The lowest BCUT2D eigenvalue weighted by molar-refractivity contribution is 0.668. The summed E-state index contributed by atoms with van der Waals surface area (Å²) in [5.74, 6) is 0. The molecule has 12 rings (SSSR count). The minimum absolute atomic E-state index is 0.842. The summed E-state index contributed by atoms with van der Waals surface area (Å²) in [6, 6.07) is 79.8. The van der Waals surface area contributed by atoms with Crippen LogP contribution in [-0.4, -0.2) is 0 Å². The lowest BCUT2D eigenvalue weighted by Gasteiger charge is -2.26. The van der Waals surface area contributed by atoms with Gasteiger partial charge in [0.2, 0.25) is 0 Å². The van der Waals surface area contributed by atoms with Gasteiger partial charge >= 0.3 is 0 Å². The minimum Gasteiger partial charge on any atom is -0.456 e. The quantitative estimate of drug-likeness (QED) is 0.161. The lowest BCUT2D eigenvalue weighted by atomic mass is 9.97. The summed E-state index contributed by atoms with van der Waals surface area (Å²) in [5, 5.41) is 6.94. The second-order valence-corrected chi connectivity index (χ2v) is 15.6. The number of para-hydroxylation sites is 2. The van der Waals surface area contributed by atoms with Gasteiger partial charge in [-0.25, -0.2) is 0 Å². The Morgan fingerprint density at radius 2 is 0.803 bits per heavy atom. The summed E-state index contributed by atoms with van der Waals surface area (Å²) in [4.78, 5) is 2.32. The van der Waals surface area contributed by atoms with Gasteiger partial charge in [0, 0.05) is 32.9 Å². The van der Waals surface area contributed by atoms with E-state index < -0.39 is 0 Å². The fourth-order valence-electron chi connectivity index (χ4n) is 9.11. The standard InChI is InChI=1S/C58H37NO2/c1-2-12-42(13-3-1)49-35-36-52(58-57(49)51-16-7-9-19-54(51)61-58)59(47-33-29-43(30-34-47)48-17-10-20-55-56(48)50-15-6-8-18-53(50)60-55)46-31-27-40(28-32-46)39-21-23-41(24-22-39)45-26-25-38-11-4-5-14-44(38)37-45/h1-37H. The third kappa shape index (κ3) is 5.98. The van der Waals surface area contributed by atoms with Gasteiger partial charge in [-0.05, 0) is 110 Å². The van der Waals surface area contributed by atoms with E-state index in [-0.39, 0.29) is 0 Å². The van der Waals surface area contributed by atoms with E-state index in [2.05, 4.69) is 211 Å². The Balaban J connectivity index is 0.977. The number of benzene rings is 10. The van der Waals surface area contributed by atoms with E-state index in [1.807, 2.05) is 18.2 Å². The Morgan fingerprint density at radius 1 is 0.295 bits per heavy atom.